The topological polar surface area (TPSA) is 88.3 Å². The fraction of sp³-hybridized carbons (Fsp3) is 0.333. The van der Waals surface area contributed by atoms with Gasteiger partial charge in [0.1, 0.15) is 5.82 Å². The number of rotatable bonds is 7. The van der Waals surface area contributed by atoms with E-state index in [2.05, 4.69) is 26.9 Å². The number of carboxylic acid groups (broad SMARTS) is 1. The third-order valence-electron chi connectivity index (χ3n) is 6.03. The minimum atomic E-state index is -1.00. The van der Waals surface area contributed by atoms with Crippen LogP contribution in [0.15, 0.2) is 59.8 Å². The Kier molecular flexibility index (Phi) is 5.70. The second-order valence-corrected chi connectivity index (χ2v) is 9.19. The van der Waals surface area contributed by atoms with E-state index in [1.54, 1.807) is 6.07 Å². The Balaban J connectivity index is 1.34. The van der Waals surface area contributed by atoms with E-state index in [-0.39, 0.29) is 11.7 Å². The average Bonchev–Trinajstić information content (AvgIpc) is 3.58. The number of hydrogen-bond donors (Lipinski definition) is 1. The Hall–Kier alpha value is -3.13. The van der Waals surface area contributed by atoms with E-state index in [1.807, 2.05) is 36.4 Å². The van der Waals surface area contributed by atoms with Crippen molar-refractivity contribution in [1.29, 1.82) is 0 Å². The Morgan fingerprint density at radius 3 is 2.53 bits per heavy atom. The van der Waals surface area contributed by atoms with E-state index < -0.39 is 12.0 Å². The Morgan fingerprint density at radius 2 is 1.78 bits per heavy atom. The third-order valence-corrected chi connectivity index (χ3v) is 6.99. The average molecular weight is 449 g/mol. The van der Waals surface area contributed by atoms with E-state index in [4.69, 9.17) is 0 Å². The first-order valence-electron chi connectivity index (χ1n) is 10.8. The molecule has 1 aliphatic heterocycles. The van der Waals surface area contributed by atoms with Gasteiger partial charge < -0.3 is 14.6 Å². The summed E-state index contributed by atoms with van der Waals surface area (Å²) in [6.45, 7) is 1.06. The van der Waals surface area contributed by atoms with Crippen molar-refractivity contribution < 1.29 is 14.7 Å². The summed E-state index contributed by atoms with van der Waals surface area (Å²) in [6, 6.07) is 16.7. The molecule has 8 heteroatoms. The summed E-state index contributed by atoms with van der Waals surface area (Å²) in [7, 11) is 0. The molecule has 1 aliphatic carbocycles. The lowest BCUT2D eigenvalue weighted by atomic mass is 9.92. The zero-order chi connectivity index (χ0) is 22.1. The summed E-state index contributed by atoms with van der Waals surface area (Å²) < 4.78 is 2.10. The van der Waals surface area contributed by atoms with Crippen molar-refractivity contribution in [3.63, 3.8) is 0 Å². The minimum Gasteiger partial charge on any atom is -0.479 e. The van der Waals surface area contributed by atoms with Gasteiger partial charge in [-0.3, -0.25) is 4.79 Å². The molecule has 0 bridgehead atoms. The second-order valence-electron chi connectivity index (χ2n) is 8.25. The molecule has 0 spiro atoms. The molecule has 5 rings (SSSR count). The predicted octanol–water partition coefficient (Wildman–Crippen LogP) is 3.51. The number of hydrogen-bond acceptors (Lipinski definition) is 5. The third kappa shape index (κ3) is 4.14. The summed E-state index contributed by atoms with van der Waals surface area (Å²) in [4.78, 5) is 26.6. The molecule has 1 fully saturated rings. The maximum Gasteiger partial charge on any atom is 0.331 e. The van der Waals surface area contributed by atoms with Gasteiger partial charge in [-0.1, -0.05) is 66.4 Å². The highest BCUT2D eigenvalue weighted by molar-refractivity contribution is 7.99. The molecular weight excluding hydrogens is 424 g/mol. The minimum absolute atomic E-state index is 0.129. The van der Waals surface area contributed by atoms with Crippen molar-refractivity contribution in [2.75, 3.05) is 12.3 Å². The first-order valence-corrected chi connectivity index (χ1v) is 11.8. The number of carboxylic acids is 1. The van der Waals surface area contributed by atoms with Crippen molar-refractivity contribution >= 4 is 23.6 Å². The molecule has 2 aromatic carbocycles. The molecule has 164 valence electrons. The number of benzene rings is 2. The van der Waals surface area contributed by atoms with Crippen LogP contribution in [0.25, 0.3) is 0 Å². The van der Waals surface area contributed by atoms with Crippen molar-refractivity contribution in [2.45, 2.75) is 42.9 Å². The Labute approximate surface area is 190 Å². The smallest absolute Gasteiger partial charge is 0.331 e. The van der Waals surface area contributed by atoms with Gasteiger partial charge in [0, 0.05) is 12.5 Å². The van der Waals surface area contributed by atoms with Crippen LogP contribution in [0.1, 0.15) is 47.3 Å². The first kappa shape index (κ1) is 20.8. The van der Waals surface area contributed by atoms with Crippen molar-refractivity contribution in [2.24, 2.45) is 0 Å². The van der Waals surface area contributed by atoms with Crippen molar-refractivity contribution in [3.8, 4) is 0 Å². The highest BCUT2D eigenvalue weighted by atomic mass is 32.2. The lowest BCUT2D eigenvalue weighted by molar-refractivity contribution is -0.150. The van der Waals surface area contributed by atoms with E-state index >= 15 is 0 Å². The Bertz CT molecular complexity index is 1140. The highest BCUT2D eigenvalue weighted by Crippen LogP contribution is 2.40. The van der Waals surface area contributed by atoms with Crippen molar-refractivity contribution in [1.82, 2.24) is 19.7 Å². The molecule has 1 amide bonds. The molecule has 32 heavy (non-hydrogen) atoms. The van der Waals surface area contributed by atoms with Gasteiger partial charge in [-0.15, -0.1) is 10.2 Å². The molecular formula is C24H24N4O3S. The SMILES string of the molecule is O=C(O)C1c2ccccc2CCN1C(=O)CSc1nnc(C2CC2)n1Cc1ccccc1. The van der Waals surface area contributed by atoms with Crippen LogP contribution in [0.3, 0.4) is 0 Å². The molecule has 1 N–H and O–H groups in total. The normalized spacial score (nSPS) is 17.8. The maximum atomic E-state index is 13.1. The molecule has 0 radical (unpaired) electrons. The number of thioether (sulfide) groups is 1. The van der Waals surface area contributed by atoms with E-state index in [0.29, 0.717) is 36.1 Å². The van der Waals surface area contributed by atoms with Gasteiger partial charge >= 0.3 is 5.97 Å². The van der Waals surface area contributed by atoms with Crippen LogP contribution in [0.5, 0.6) is 0 Å². The number of carbonyl (C=O) groups is 2. The fourth-order valence-electron chi connectivity index (χ4n) is 4.28. The molecule has 3 aromatic rings. The largest absolute Gasteiger partial charge is 0.479 e. The molecule has 2 aliphatic rings. The van der Waals surface area contributed by atoms with E-state index in [0.717, 1.165) is 29.8 Å². The van der Waals surface area contributed by atoms with Gasteiger partial charge in [-0.2, -0.15) is 0 Å². The monoisotopic (exact) mass is 448 g/mol. The van der Waals surface area contributed by atoms with Crippen LogP contribution >= 0.6 is 11.8 Å². The van der Waals surface area contributed by atoms with Gasteiger partial charge in [0.25, 0.3) is 0 Å². The highest BCUT2D eigenvalue weighted by Gasteiger charge is 2.36. The van der Waals surface area contributed by atoms with Crippen LogP contribution in [0.2, 0.25) is 0 Å². The van der Waals surface area contributed by atoms with Gasteiger partial charge in [0.2, 0.25) is 5.91 Å². The maximum absolute atomic E-state index is 13.1. The standard InChI is InChI=1S/C24H24N4O3S/c29-20(27-13-12-17-8-4-5-9-19(17)21(27)23(30)31)15-32-24-26-25-22(18-10-11-18)28(24)14-16-6-2-1-3-7-16/h1-9,18,21H,10-15H2,(H,30,31). The molecule has 0 saturated heterocycles. The number of amides is 1. The summed E-state index contributed by atoms with van der Waals surface area (Å²) in [6.07, 6.45) is 2.89. The first-order chi connectivity index (χ1) is 15.6. The number of fused-ring (bicyclic) bond motifs is 1. The molecule has 1 aromatic heterocycles. The van der Waals surface area contributed by atoms with E-state index in [9.17, 15) is 14.7 Å². The van der Waals surface area contributed by atoms with Gasteiger partial charge in [-0.25, -0.2) is 4.79 Å². The van der Waals surface area contributed by atoms with Crippen molar-refractivity contribution in [3.05, 3.63) is 77.1 Å². The number of aromatic nitrogens is 3. The fourth-order valence-corrected chi connectivity index (χ4v) is 5.11. The quantitative estimate of drug-likeness (QED) is 0.557. The van der Waals surface area contributed by atoms with Gasteiger partial charge in [0.05, 0.1) is 12.3 Å². The number of carbonyl (C=O) groups excluding carboxylic acids is 1. The van der Waals surface area contributed by atoms with Crippen LogP contribution in [0.4, 0.5) is 0 Å². The number of nitrogens with zero attached hydrogens (tertiary/aromatic N) is 4. The van der Waals surface area contributed by atoms with Crippen LogP contribution < -0.4 is 0 Å². The second kappa shape index (κ2) is 8.78. The van der Waals surface area contributed by atoms with Crippen LogP contribution in [-0.2, 0) is 22.6 Å². The summed E-state index contributed by atoms with van der Waals surface area (Å²) in [5.74, 6) is 0.340. The summed E-state index contributed by atoms with van der Waals surface area (Å²) in [5, 5.41) is 19.3. The van der Waals surface area contributed by atoms with E-state index in [1.165, 1.54) is 16.7 Å². The molecule has 1 saturated carbocycles. The number of aliphatic carboxylic acids is 1. The molecule has 7 nitrogen and oxygen atoms in total. The Morgan fingerprint density at radius 1 is 1.03 bits per heavy atom. The molecule has 1 atom stereocenters. The molecule has 1 unspecified atom stereocenters. The van der Waals surface area contributed by atoms with Crippen LogP contribution in [-0.4, -0.2) is 48.9 Å². The zero-order valence-corrected chi connectivity index (χ0v) is 18.4. The summed E-state index contributed by atoms with van der Waals surface area (Å²) in [5.41, 5.74) is 2.85. The van der Waals surface area contributed by atoms with Crippen LogP contribution in [0, 0.1) is 0 Å². The zero-order valence-electron chi connectivity index (χ0n) is 17.6. The van der Waals surface area contributed by atoms with Gasteiger partial charge in [-0.05, 0) is 36.0 Å². The predicted molar refractivity (Wildman–Crippen MR) is 121 cm³/mol. The lowest BCUT2D eigenvalue weighted by Crippen LogP contribution is -2.44. The van der Waals surface area contributed by atoms with Gasteiger partial charge in [0.15, 0.2) is 11.2 Å². The molecule has 2 heterocycles. The summed E-state index contributed by atoms with van der Waals surface area (Å²) >= 11 is 1.33. The lowest BCUT2D eigenvalue weighted by Gasteiger charge is -2.34.